The molecule has 1 atom stereocenters. The standard InChI is InChI=1S/C15H13BrF3N3O4/c16-10-3-7(17)4-20-14(10)21-13-9(1-2-11(18)12(13)19)15(25)22-26-6-8(24)5-23/h1-4,8,23-24H,5-6H2,(H,20,21)(H,22,25)/t8-/m1/s1. The van der Waals surface area contributed by atoms with E-state index in [1.165, 1.54) is 0 Å². The van der Waals surface area contributed by atoms with E-state index in [1.54, 1.807) is 0 Å². The Morgan fingerprint density at radius 2 is 2.08 bits per heavy atom. The molecule has 2 rings (SSSR count). The number of carbonyl (C=O) groups excluding carboxylic acids is 1. The minimum Gasteiger partial charge on any atom is -0.394 e. The summed E-state index contributed by atoms with van der Waals surface area (Å²) in [5, 5.41) is 20.2. The summed E-state index contributed by atoms with van der Waals surface area (Å²) in [5.74, 6) is -4.24. The van der Waals surface area contributed by atoms with Crippen LogP contribution in [-0.2, 0) is 4.84 Å². The molecule has 1 heterocycles. The normalized spacial score (nSPS) is 11.9. The fourth-order valence-corrected chi connectivity index (χ4v) is 2.22. The number of carbonyl (C=O) groups is 1. The van der Waals surface area contributed by atoms with E-state index in [1.807, 2.05) is 5.48 Å². The molecule has 0 saturated heterocycles. The van der Waals surface area contributed by atoms with E-state index in [0.29, 0.717) is 0 Å². The number of nitrogens with zero attached hydrogens (tertiary/aromatic N) is 1. The first-order valence-electron chi connectivity index (χ1n) is 7.10. The average Bonchev–Trinajstić information content (AvgIpc) is 2.60. The van der Waals surface area contributed by atoms with Gasteiger partial charge in [-0.25, -0.2) is 23.6 Å². The van der Waals surface area contributed by atoms with E-state index in [-0.39, 0.29) is 15.9 Å². The molecule has 4 N–H and O–H groups in total. The molecule has 0 bridgehead atoms. The van der Waals surface area contributed by atoms with Crippen LogP contribution < -0.4 is 10.8 Å². The van der Waals surface area contributed by atoms with Crippen LogP contribution in [0.3, 0.4) is 0 Å². The highest BCUT2D eigenvalue weighted by Gasteiger charge is 2.20. The molecule has 26 heavy (non-hydrogen) atoms. The maximum absolute atomic E-state index is 14.2. The number of nitrogens with one attached hydrogen (secondary N) is 2. The van der Waals surface area contributed by atoms with Gasteiger partial charge < -0.3 is 15.5 Å². The van der Waals surface area contributed by atoms with Crippen molar-refractivity contribution in [2.75, 3.05) is 18.5 Å². The maximum atomic E-state index is 14.2. The molecule has 0 saturated carbocycles. The van der Waals surface area contributed by atoms with Crippen molar-refractivity contribution in [3.8, 4) is 0 Å². The molecular formula is C15H13BrF3N3O4. The number of anilines is 2. The minimum absolute atomic E-state index is 0.0541. The first kappa shape index (κ1) is 20.1. The lowest BCUT2D eigenvalue weighted by molar-refractivity contribution is -0.0295. The number of pyridine rings is 1. The Bertz CT molecular complexity index is 810. The molecule has 1 aromatic carbocycles. The molecule has 0 aliphatic heterocycles. The predicted octanol–water partition coefficient (Wildman–Crippen LogP) is 2.02. The third-order valence-corrected chi connectivity index (χ3v) is 3.65. The molecule has 140 valence electrons. The van der Waals surface area contributed by atoms with Gasteiger partial charge in [-0.1, -0.05) is 0 Å². The van der Waals surface area contributed by atoms with E-state index in [9.17, 15) is 18.0 Å². The van der Waals surface area contributed by atoms with Crippen molar-refractivity contribution < 1.29 is 33.0 Å². The maximum Gasteiger partial charge on any atom is 0.277 e. The van der Waals surface area contributed by atoms with Gasteiger partial charge in [-0.05, 0) is 34.1 Å². The topological polar surface area (TPSA) is 104 Å². The van der Waals surface area contributed by atoms with Gasteiger partial charge in [0.05, 0.1) is 28.5 Å². The smallest absolute Gasteiger partial charge is 0.277 e. The molecular weight excluding hydrogens is 423 g/mol. The van der Waals surface area contributed by atoms with Crippen LogP contribution in [0.2, 0.25) is 0 Å². The zero-order valence-corrected chi connectivity index (χ0v) is 14.6. The summed E-state index contributed by atoms with van der Waals surface area (Å²) in [7, 11) is 0. The molecule has 2 aromatic rings. The number of benzene rings is 1. The van der Waals surface area contributed by atoms with Gasteiger partial charge in [0, 0.05) is 0 Å². The first-order valence-corrected chi connectivity index (χ1v) is 7.90. The Balaban J connectivity index is 2.27. The fourth-order valence-electron chi connectivity index (χ4n) is 1.80. The van der Waals surface area contributed by atoms with Crippen LogP contribution in [0.25, 0.3) is 0 Å². The van der Waals surface area contributed by atoms with Crippen LogP contribution in [0, 0.1) is 17.5 Å². The van der Waals surface area contributed by atoms with Crippen LogP contribution in [0.15, 0.2) is 28.9 Å². The van der Waals surface area contributed by atoms with E-state index >= 15 is 0 Å². The molecule has 0 radical (unpaired) electrons. The SMILES string of the molecule is O=C(NOC[C@H](O)CO)c1ccc(F)c(F)c1Nc1ncc(F)cc1Br. The van der Waals surface area contributed by atoms with Crippen molar-refractivity contribution in [3.05, 3.63) is 51.9 Å². The molecule has 0 aliphatic carbocycles. The highest BCUT2D eigenvalue weighted by atomic mass is 79.9. The fraction of sp³-hybridized carbons (Fsp3) is 0.200. The van der Waals surface area contributed by atoms with Crippen LogP contribution >= 0.6 is 15.9 Å². The predicted molar refractivity (Wildman–Crippen MR) is 88.0 cm³/mol. The summed E-state index contributed by atoms with van der Waals surface area (Å²) in [6, 6.07) is 2.79. The molecule has 0 spiro atoms. The summed E-state index contributed by atoms with van der Waals surface area (Å²) >= 11 is 3.02. The van der Waals surface area contributed by atoms with Gasteiger partial charge in [0.15, 0.2) is 11.6 Å². The number of halogens is 4. The largest absolute Gasteiger partial charge is 0.394 e. The van der Waals surface area contributed by atoms with Gasteiger partial charge in [-0.15, -0.1) is 0 Å². The zero-order valence-electron chi connectivity index (χ0n) is 13.0. The van der Waals surface area contributed by atoms with Crippen LogP contribution in [-0.4, -0.2) is 40.4 Å². The number of hydrogen-bond donors (Lipinski definition) is 4. The highest BCUT2D eigenvalue weighted by molar-refractivity contribution is 9.10. The molecule has 1 aromatic heterocycles. The zero-order chi connectivity index (χ0) is 19.3. The van der Waals surface area contributed by atoms with Crippen LogP contribution in [0.4, 0.5) is 24.7 Å². The molecule has 0 aliphatic rings. The monoisotopic (exact) mass is 435 g/mol. The Hall–Kier alpha value is -2.21. The van der Waals surface area contributed by atoms with Crippen molar-refractivity contribution in [3.63, 3.8) is 0 Å². The third kappa shape index (κ3) is 4.91. The lowest BCUT2D eigenvalue weighted by atomic mass is 10.1. The summed E-state index contributed by atoms with van der Waals surface area (Å²) in [6.07, 6.45) is -0.374. The van der Waals surface area contributed by atoms with Gasteiger partial charge in [-0.2, -0.15) is 0 Å². The lowest BCUT2D eigenvalue weighted by Gasteiger charge is -2.14. The van der Waals surface area contributed by atoms with Gasteiger partial charge >= 0.3 is 0 Å². The highest BCUT2D eigenvalue weighted by Crippen LogP contribution is 2.29. The molecule has 7 nitrogen and oxygen atoms in total. The Morgan fingerprint density at radius 3 is 2.73 bits per heavy atom. The molecule has 1 amide bonds. The Morgan fingerprint density at radius 1 is 1.35 bits per heavy atom. The summed E-state index contributed by atoms with van der Waals surface area (Å²) in [4.78, 5) is 20.5. The number of aliphatic hydroxyl groups excluding tert-OH is 2. The lowest BCUT2D eigenvalue weighted by Crippen LogP contribution is -2.30. The molecule has 0 unspecified atom stereocenters. The average molecular weight is 436 g/mol. The van der Waals surface area contributed by atoms with Crippen LogP contribution in [0.5, 0.6) is 0 Å². The van der Waals surface area contributed by atoms with Crippen molar-refractivity contribution in [2.45, 2.75) is 6.10 Å². The van der Waals surface area contributed by atoms with E-state index in [0.717, 1.165) is 24.4 Å². The van der Waals surface area contributed by atoms with Crippen molar-refractivity contribution in [2.24, 2.45) is 0 Å². The summed E-state index contributed by atoms with van der Waals surface area (Å²) < 4.78 is 41.0. The molecule has 0 fully saturated rings. The van der Waals surface area contributed by atoms with Crippen molar-refractivity contribution in [1.82, 2.24) is 10.5 Å². The summed E-state index contributed by atoms with van der Waals surface area (Å²) in [6.45, 7) is -1.00. The second kappa shape index (κ2) is 8.94. The first-order chi connectivity index (χ1) is 12.3. The third-order valence-electron chi connectivity index (χ3n) is 3.04. The Labute approximate surface area is 153 Å². The number of hydroxylamine groups is 1. The van der Waals surface area contributed by atoms with E-state index < -0.39 is 48.4 Å². The van der Waals surface area contributed by atoms with Gasteiger partial charge in [0.2, 0.25) is 0 Å². The van der Waals surface area contributed by atoms with Crippen molar-refractivity contribution in [1.29, 1.82) is 0 Å². The number of aliphatic hydroxyl groups is 2. The minimum atomic E-state index is -1.36. The number of hydrogen-bond acceptors (Lipinski definition) is 6. The molecule has 11 heteroatoms. The Kier molecular flexibility index (Phi) is 6.91. The second-order valence-electron chi connectivity index (χ2n) is 4.97. The van der Waals surface area contributed by atoms with Crippen molar-refractivity contribution >= 4 is 33.3 Å². The number of amides is 1. The van der Waals surface area contributed by atoms with Gasteiger partial charge in [0.1, 0.15) is 24.3 Å². The van der Waals surface area contributed by atoms with Crippen LogP contribution in [0.1, 0.15) is 10.4 Å². The summed E-state index contributed by atoms with van der Waals surface area (Å²) in [5.41, 5.74) is 1.05. The van der Waals surface area contributed by atoms with Gasteiger partial charge in [0.25, 0.3) is 5.91 Å². The van der Waals surface area contributed by atoms with Gasteiger partial charge in [-0.3, -0.25) is 9.63 Å². The number of rotatable bonds is 7. The quantitative estimate of drug-likeness (QED) is 0.496. The second-order valence-corrected chi connectivity index (χ2v) is 5.83. The van der Waals surface area contributed by atoms with E-state index in [4.69, 9.17) is 10.2 Å². The number of aromatic nitrogens is 1. The van der Waals surface area contributed by atoms with E-state index in [2.05, 4.69) is 31.1 Å².